The SMILES string of the molecule is Cc1ncc([C@@]2(CN)CCOC2)cn1. The molecule has 1 atom stereocenters. The minimum atomic E-state index is -0.0479. The van der Waals surface area contributed by atoms with E-state index in [9.17, 15) is 0 Å². The van der Waals surface area contributed by atoms with Crippen LogP contribution < -0.4 is 5.73 Å². The van der Waals surface area contributed by atoms with Gasteiger partial charge in [-0.1, -0.05) is 0 Å². The Bertz CT molecular complexity index is 304. The highest BCUT2D eigenvalue weighted by Crippen LogP contribution is 2.31. The molecule has 0 saturated carbocycles. The lowest BCUT2D eigenvalue weighted by molar-refractivity contribution is 0.178. The van der Waals surface area contributed by atoms with Gasteiger partial charge in [0.1, 0.15) is 5.82 Å². The smallest absolute Gasteiger partial charge is 0.125 e. The summed E-state index contributed by atoms with van der Waals surface area (Å²) < 4.78 is 5.40. The Labute approximate surface area is 83.5 Å². The van der Waals surface area contributed by atoms with Crippen molar-refractivity contribution in [1.82, 2.24) is 9.97 Å². The Morgan fingerprint density at radius 1 is 1.50 bits per heavy atom. The molecule has 0 unspecified atom stereocenters. The van der Waals surface area contributed by atoms with Crippen molar-refractivity contribution in [3.63, 3.8) is 0 Å². The number of nitrogens with two attached hydrogens (primary N) is 1. The second kappa shape index (κ2) is 3.63. The van der Waals surface area contributed by atoms with Gasteiger partial charge in [0.25, 0.3) is 0 Å². The molecule has 4 heteroatoms. The number of hydrogen-bond acceptors (Lipinski definition) is 4. The molecule has 1 aromatic heterocycles. The van der Waals surface area contributed by atoms with Crippen molar-refractivity contribution in [2.45, 2.75) is 18.8 Å². The van der Waals surface area contributed by atoms with Crippen LogP contribution in [0.2, 0.25) is 0 Å². The summed E-state index contributed by atoms with van der Waals surface area (Å²) in [5, 5.41) is 0. The summed E-state index contributed by atoms with van der Waals surface area (Å²) in [6.45, 7) is 3.95. The number of rotatable bonds is 2. The molecule has 2 rings (SSSR count). The summed E-state index contributed by atoms with van der Waals surface area (Å²) in [5.41, 5.74) is 6.86. The zero-order valence-corrected chi connectivity index (χ0v) is 8.36. The summed E-state index contributed by atoms with van der Waals surface area (Å²) in [5.74, 6) is 0.792. The molecule has 0 amide bonds. The van der Waals surface area contributed by atoms with E-state index in [1.807, 2.05) is 19.3 Å². The largest absolute Gasteiger partial charge is 0.380 e. The van der Waals surface area contributed by atoms with E-state index in [-0.39, 0.29) is 5.41 Å². The van der Waals surface area contributed by atoms with Gasteiger partial charge >= 0.3 is 0 Å². The molecule has 14 heavy (non-hydrogen) atoms. The first kappa shape index (κ1) is 9.55. The van der Waals surface area contributed by atoms with E-state index in [2.05, 4.69) is 9.97 Å². The maximum atomic E-state index is 5.80. The molecule has 2 N–H and O–H groups in total. The maximum absolute atomic E-state index is 5.80. The third kappa shape index (κ3) is 1.51. The Hall–Kier alpha value is -1.00. The van der Waals surface area contributed by atoms with E-state index in [0.717, 1.165) is 24.4 Å². The van der Waals surface area contributed by atoms with E-state index in [0.29, 0.717) is 13.2 Å². The van der Waals surface area contributed by atoms with Crippen LogP contribution >= 0.6 is 0 Å². The summed E-state index contributed by atoms with van der Waals surface area (Å²) in [7, 11) is 0. The molecular formula is C10H15N3O. The van der Waals surface area contributed by atoms with Crippen LogP contribution in [0, 0.1) is 6.92 Å². The van der Waals surface area contributed by atoms with Crippen molar-refractivity contribution in [1.29, 1.82) is 0 Å². The highest BCUT2D eigenvalue weighted by atomic mass is 16.5. The molecule has 0 aromatic carbocycles. The molecular weight excluding hydrogens is 178 g/mol. The minimum absolute atomic E-state index is 0.0479. The fraction of sp³-hybridized carbons (Fsp3) is 0.600. The van der Waals surface area contributed by atoms with Crippen LogP contribution in [0.3, 0.4) is 0 Å². The highest BCUT2D eigenvalue weighted by molar-refractivity contribution is 5.21. The molecule has 2 heterocycles. The van der Waals surface area contributed by atoms with Crippen LogP contribution in [0.25, 0.3) is 0 Å². The molecule has 76 valence electrons. The first-order chi connectivity index (χ1) is 6.77. The van der Waals surface area contributed by atoms with Crippen LogP contribution in [0.1, 0.15) is 17.8 Å². The lowest BCUT2D eigenvalue weighted by atomic mass is 9.81. The van der Waals surface area contributed by atoms with Crippen LogP contribution in [-0.4, -0.2) is 29.7 Å². The molecule has 1 fully saturated rings. The van der Waals surface area contributed by atoms with Gasteiger partial charge in [-0.25, -0.2) is 9.97 Å². The van der Waals surface area contributed by atoms with Crippen molar-refractivity contribution in [2.24, 2.45) is 5.73 Å². The zero-order chi connectivity index (χ0) is 10.0. The summed E-state index contributed by atoms with van der Waals surface area (Å²) >= 11 is 0. The summed E-state index contributed by atoms with van der Waals surface area (Å²) in [6, 6.07) is 0. The average molecular weight is 193 g/mol. The molecule has 1 saturated heterocycles. The fourth-order valence-electron chi connectivity index (χ4n) is 1.78. The van der Waals surface area contributed by atoms with Crippen molar-refractivity contribution >= 4 is 0 Å². The molecule has 0 radical (unpaired) electrons. The van der Waals surface area contributed by atoms with Crippen LogP contribution in [-0.2, 0) is 10.2 Å². The van der Waals surface area contributed by atoms with E-state index in [1.165, 1.54) is 0 Å². The van der Waals surface area contributed by atoms with Crippen molar-refractivity contribution < 1.29 is 4.74 Å². The van der Waals surface area contributed by atoms with Crippen LogP contribution in [0.5, 0.6) is 0 Å². The summed E-state index contributed by atoms with van der Waals surface area (Å²) in [6.07, 6.45) is 4.70. The third-order valence-corrected chi connectivity index (χ3v) is 2.89. The molecule has 0 aliphatic carbocycles. The maximum Gasteiger partial charge on any atom is 0.125 e. The van der Waals surface area contributed by atoms with Gasteiger partial charge in [0.05, 0.1) is 6.61 Å². The molecule has 1 aromatic rings. The fourth-order valence-corrected chi connectivity index (χ4v) is 1.78. The Morgan fingerprint density at radius 2 is 2.21 bits per heavy atom. The topological polar surface area (TPSA) is 61.0 Å². The van der Waals surface area contributed by atoms with Crippen LogP contribution in [0.4, 0.5) is 0 Å². The van der Waals surface area contributed by atoms with Crippen molar-refractivity contribution in [2.75, 3.05) is 19.8 Å². The van der Waals surface area contributed by atoms with Gasteiger partial charge in [-0.15, -0.1) is 0 Å². The molecule has 0 spiro atoms. The molecule has 0 bridgehead atoms. The number of hydrogen-bond donors (Lipinski definition) is 1. The molecule has 1 aliphatic heterocycles. The number of ether oxygens (including phenoxy) is 1. The van der Waals surface area contributed by atoms with Gasteiger partial charge in [-0.3, -0.25) is 0 Å². The van der Waals surface area contributed by atoms with E-state index in [1.54, 1.807) is 0 Å². The van der Waals surface area contributed by atoms with Crippen molar-refractivity contribution in [3.05, 3.63) is 23.8 Å². The lowest BCUT2D eigenvalue weighted by Crippen LogP contribution is -2.35. The Kier molecular flexibility index (Phi) is 2.48. The van der Waals surface area contributed by atoms with E-state index in [4.69, 9.17) is 10.5 Å². The van der Waals surface area contributed by atoms with Gasteiger partial charge in [0, 0.05) is 31.0 Å². The molecule has 1 aliphatic rings. The van der Waals surface area contributed by atoms with Gasteiger partial charge in [-0.05, 0) is 18.9 Å². The van der Waals surface area contributed by atoms with E-state index < -0.39 is 0 Å². The number of aryl methyl sites for hydroxylation is 1. The zero-order valence-electron chi connectivity index (χ0n) is 8.36. The standard InChI is InChI=1S/C10H15N3O/c1-8-12-4-9(5-13-8)10(6-11)2-3-14-7-10/h4-5H,2-3,6-7,11H2,1H3/t10-/m1/s1. The molecule has 4 nitrogen and oxygen atoms in total. The first-order valence-corrected chi connectivity index (χ1v) is 4.84. The average Bonchev–Trinajstić information content (AvgIpc) is 2.68. The minimum Gasteiger partial charge on any atom is -0.380 e. The second-order valence-electron chi connectivity index (χ2n) is 3.81. The third-order valence-electron chi connectivity index (χ3n) is 2.89. The first-order valence-electron chi connectivity index (χ1n) is 4.84. The van der Waals surface area contributed by atoms with Gasteiger partial charge in [-0.2, -0.15) is 0 Å². The quantitative estimate of drug-likeness (QED) is 0.738. The number of aromatic nitrogens is 2. The second-order valence-corrected chi connectivity index (χ2v) is 3.81. The van der Waals surface area contributed by atoms with E-state index >= 15 is 0 Å². The Morgan fingerprint density at radius 3 is 2.71 bits per heavy atom. The monoisotopic (exact) mass is 193 g/mol. The van der Waals surface area contributed by atoms with Crippen LogP contribution in [0.15, 0.2) is 12.4 Å². The van der Waals surface area contributed by atoms with Crippen molar-refractivity contribution in [3.8, 4) is 0 Å². The normalized spacial score (nSPS) is 26.7. The predicted octanol–water partition coefficient (Wildman–Crippen LogP) is 0.402. The summed E-state index contributed by atoms with van der Waals surface area (Å²) in [4.78, 5) is 8.39. The highest BCUT2D eigenvalue weighted by Gasteiger charge is 2.35. The number of nitrogens with zero attached hydrogens (tertiary/aromatic N) is 2. The van der Waals surface area contributed by atoms with Gasteiger partial charge in [0.15, 0.2) is 0 Å². The lowest BCUT2D eigenvalue weighted by Gasteiger charge is -2.24. The van der Waals surface area contributed by atoms with Gasteiger partial charge < -0.3 is 10.5 Å². The Balaban J connectivity index is 2.31. The predicted molar refractivity (Wildman–Crippen MR) is 52.9 cm³/mol. The van der Waals surface area contributed by atoms with Gasteiger partial charge in [0.2, 0.25) is 0 Å².